The summed E-state index contributed by atoms with van der Waals surface area (Å²) in [5, 5.41) is 2.90. The lowest BCUT2D eigenvalue weighted by molar-refractivity contribution is 1.61. The molecule has 0 N–H and O–H groups in total. The van der Waals surface area contributed by atoms with Gasteiger partial charge in [0.15, 0.2) is 0 Å². The Kier molecular flexibility index (Phi) is 3.73. The summed E-state index contributed by atoms with van der Waals surface area (Å²) in [5.74, 6) is 0. The fraction of sp³-hybridized carbons (Fsp3) is 0.273. The van der Waals surface area contributed by atoms with E-state index in [-0.39, 0.29) is 0 Å². The highest BCUT2D eigenvalue weighted by Gasteiger charge is 2.25. The molecule has 0 bridgehead atoms. The third-order valence-electron chi connectivity index (χ3n) is 2.54. The maximum Gasteiger partial charge on any atom is 0.107 e. The van der Waals surface area contributed by atoms with Crippen LogP contribution in [0.25, 0.3) is 0 Å². The van der Waals surface area contributed by atoms with Crippen LogP contribution in [0.5, 0.6) is 0 Å². The van der Waals surface area contributed by atoms with Crippen LogP contribution in [0.1, 0.15) is 0 Å². The summed E-state index contributed by atoms with van der Waals surface area (Å²) >= 11 is 2.40. The van der Waals surface area contributed by atoms with Gasteiger partial charge >= 0.3 is 0 Å². The largest absolute Gasteiger partial charge is 0.107 e. The highest BCUT2D eigenvalue weighted by molar-refractivity contribution is 14.1. The predicted octanol–water partition coefficient (Wildman–Crippen LogP) is 3.13. The third-order valence-corrected chi connectivity index (χ3v) is 7.90. The molecule has 0 heterocycles. The highest BCUT2D eigenvalue weighted by Crippen LogP contribution is 2.15. The first-order valence-electron chi connectivity index (χ1n) is 4.39. The van der Waals surface area contributed by atoms with E-state index in [0.717, 1.165) is 4.43 Å². The second kappa shape index (κ2) is 4.42. The first-order chi connectivity index (χ1) is 6.09. The fourth-order valence-corrected chi connectivity index (χ4v) is 5.85. The highest BCUT2D eigenvalue weighted by atomic mass is 127. The average Bonchev–Trinajstić information content (AvgIpc) is 2.18. The van der Waals surface area contributed by atoms with E-state index in [2.05, 4.69) is 72.6 Å². The number of rotatable bonds is 3. The van der Waals surface area contributed by atoms with Gasteiger partial charge < -0.3 is 0 Å². The molecule has 1 aromatic carbocycles. The number of halogens is 1. The maximum atomic E-state index is 4.18. The lowest BCUT2D eigenvalue weighted by Crippen LogP contribution is -2.43. The van der Waals surface area contributed by atoms with Crippen LogP contribution in [-0.2, 0) is 0 Å². The van der Waals surface area contributed by atoms with E-state index in [1.165, 1.54) is 10.4 Å². The molecular weight excluding hydrogens is 287 g/mol. The van der Waals surface area contributed by atoms with E-state index in [0.29, 0.717) is 0 Å². The summed E-state index contributed by atoms with van der Waals surface area (Å²) in [7, 11) is -1.38. The Hall–Kier alpha value is -0.0931. The molecule has 0 saturated carbocycles. The van der Waals surface area contributed by atoms with Crippen LogP contribution in [0.3, 0.4) is 0 Å². The lowest BCUT2D eigenvalue weighted by atomic mass is 10.4. The molecule has 0 fully saturated rings. The van der Waals surface area contributed by atoms with Gasteiger partial charge in [-0.1, -0.05) is 76.4 Å². The molecule has 70 valence electrons. The van der Waals surface area contributed by atoms with Gasteiger partial charge in [-0.15, -0.1) is 6.58 Å². The first-order valence-corrected chi connectivity index (χ1v) is 8.91. The van der Waals surface area contributed by atoms with Gasteiger partial charge in [0.2, 0.25) is 0 Å². The lowest BCUT2D eigenvalue weighted by Gasteiger charge is -2.24. The molecule has 0 saturated heterocycles. The molecule has 0 aromatic heterocycles. The van der Waals surface area contributed by atoms with Gasteiger partial charge in [0.05, 0.1) is 0 Å². The monoisotopic (exact) mass is 302 g/mol. The molecule has 0 aliphatic rings. The Labute approximate surface area is 95.2 Å². The molecule has 0 aliphatic heterocycles. The minimum Gasteiger partial charge on any atom is -0.103 e. The Morgan fingerprint density at radius 1 is 1.31 bits per heavy atom. The number of allylic oxidation sites excluding steroid dienone is 1. The minimum atomic E-state index is -1.38. The molecule has 1 rings (SSSR count). The van der Waals surface area contributed by atoms with Crippen LogP contribution < -0.4 is 5.19 Å². The quantitative estimate of drug-likeness (QED) is 0.457. The molecule has 0 amide bonds. The van der Waals surface area contributed by atoms with Gasteiger partial charge in [0.25, 0.3) is 0 Å². The topological polar surface area (TPSA) is 0 Å². The summed E-state index contributed by atoms with van der Waals surface area (Å²) in [5.41, 5.74) is 0. The van der Waals surface area contributed by atoms with Crippen molar-refractivity contribution in [2.45, 2.75) is 13.1 Å². The van der Waals surface area contributed by atoms with Crippen LogP contribution >= 0.6 is 22.6 Å². The van der Waals surface area contributed by atoms with Gasteiger partial charge in [-0.25, -0.2) is 0 Å². The Balaban J connectivity index is 3.00. The molecule has 2 heteroatoms. The second-order valence-corrected chi connectivity index (χ2v) is 9.03. The first kappa shape index (κ1) is 11.0. The Morgan fingerprint density at radius 3 is 2.31 bits per heavy atom. The van der Waals surface area contributed by atoms with Crippen LogP contribution in [-0.4, -0.2) is 12.5 Å². The van der Waals surface area contributed by atoms with Gasteiger partial charge in [-0.2, -0.15) is 0 Å². The summed E-state index contributed by atoms with van der Waals surface area (Å²) in [6, 6.07) is 10.8. The number of hydrogen-bond acceptors (Lipinski definition) is 0. The van der Waals surface area contributed by atoms with E-state index in [1.807, 2.05) is 0 Å². The van der Waals surface area contributed by atoms with Crippen LogP contribution in [0, 0.1) is 0 Å². The Morgan fingerprint density at radius 2 is 1.85 bits per heavy atom. The van der Waals surface area contributed by atoms with Crippen molar-refractivity contribution in [3.63, 3.8) is 0 Å². The van der Waals surface area contributed by atoms with Gasteiger partial charge in [0, 0.05) is 4.43 Å². The van der Waals surface area contributed by atoms with Crippen molar-refractivity contribution in [3.05, 3.63) is 42.1 Å². The number of benzene rings is 1. The third kappa shape index (κ3) is 2.44. The van der Waals surface area contributed by atoms with Crippen molar-refractivity contribution in [1.29, 1.82) is 0 Å². The van der Waals surface area contributed by atoms with E-state index in [9.17, 15) is 0 Å². The standard InChI is InChI=1S/C11H15ISi/c1-10(9-12)13(2,3)11-7-5-4-6-8-11/h4-8H,1,9H2,2-3H3. The molecular formula is C11H15ISi. The zero-order chi connectivity index (χ0) is 9.90. The normalized spacial score (nSPS) is 11.3. The van der Waals surface area contributed by atoms with Crippen molar-refractivity contribution in [2.75, 3.05) is 4.43 Å². The number of hydrogen-bond donors (Lipinski definition) is 0. The van der Waals surface area contributed by atoms with Crippen LogP contribution in [0.2, 0.25) is 13.1 Å². The van der Waals surface area contributed by atoms with Crippen LogP contribution in [0.4, 0.5) is 0 Å². The average molecular weight is 302 g/mol. The van der Waals surface area contributed by atoms with Gasteiger partial charge in [-0.3, -0.25) is 0 Å². The Bertz CT molecular complexity index is 290. The zero-order valence-corrected chi connectivity index (χ0v) is 11.3. The van der Waals surface area contributed by atoms with Crippen molar-refractivity contribution >= 4 is 35.9 Å². The minimum absolute atomic E-state index is 1.08. The molecule has 0 unspecified atom stereocenters. The molecule has 1 aromatic rings. The summed E-state index contributed by atoms with van der Waals surface area (Å²) in [6.45, 7) is 8.90. The molecule has 0 nitrogen and oxygen atoms in total. The van der Waals surface area contributed by atoms with E-state index >= 15 is 0 Å². The van der Waals surface area contributed by atoms with E-state index in [1.54, 1.807) is 0 Å². The molecule has 13 heavy (non-hydrogen) atoms. The van der Waals surface area contributed by atoms with E-state index < -0.39 is 8.07 Å². The van der Waals surface area contributed by atoms with Crippen molar-refractivity contribution in [3.8, 4) is 0 Å². The zero-order valence-electron chi connectivity index (χ0n) is 8.18. The summed E-state index contributed by atoms with van der Waals surface area (Å²) in [4.78, 5) is 0. The SMILES string of the molecule is C=C(CI)[Si](C)(C)c1ccccc1. The number of alkyl halides is 1. The summed E-state index contributed by atoms with van der Waals surface area (Å²) in [6.07, 6.45) is 0. The van der Waals surface area contributed by atoms with Gasteiger partial charge in [0.1, 0.15) is 8.07 Å². The second-order valence-electron chi connectivity index (χ2n) is 3.73. The van der Waals surface area contributed by atoms with E-state index in [4.69, 9.17) is 0 Å². The fourth-order valence-electron chi connectivity index (χ4n) is 1.23. The van der Waals surface area contributed by atoms with Crippen molar-refractivity contribution in [2.24, 2.45) is 0 Å². The van der Waals surface area contributed by atoms with Crippen molar-refractivity contribution in [1.82, 2.24) is 0 Å². The maximum absolute atomic E-state index is 4.18. The molecule has 0 radical (unpaired) electrons. The predicted molar refractivity (Wildman–Crippen MR) is 71.6 cm³/mol. The molecule has 0 atom stereocenters. The molecule has 0 aliphatic carbocycles. The smallest absolute Gasteiger partial charge is 0.103 e. The van der Waals surface area contributed by atoms with Gasteiger partial charge in [-0.05, 0) is 0 Å². The van der Waals surface area contributed by atoms with Crippen molar-refractivity contribution < 1.29 is 0 Å². The summed E-state index contributed by atoms with van der Waals surface area (Å²) < 4.78 is 1.08. The van der Waals surface area contributed by atoms with Crippen LogP contribution in [0.15, 0.2) is 42.1 Å². The molecule has 0 spiro atoms.